The van der Waals surface area contributed by atoms with Crippen molar-refractivity contribution in [2.45, 2.75) is 17.4 Å². The highest BCUT2D eigenvalue weighted by molar-refractivity contribution is 7.99. The van der Waals surface area contributed by atoms with Crippen molar-refractivity contribution >= 4 is 23.4 Å². The molecular weight excluding hydrogens is 325 g/mol. The Morgan fingerprint density at radius 3 is 2.61 bits per heavy atom. The molecule has 1 aliphatic rings. The first-order chi connectivity index (χ1) is 11.0. The summed E-state index contributed by atoms with van der Waals surface area (Å²) >= 11 is 1.36. The van der Waals surface area contributed by atoms with Crippen molar-refractivity contribution in [2.24, 2.45) is 5.73 Å². The van der Waals surface area contributed by atoms with Crippen molar-refractivity contribution in [1.29, 1.82) is 0 Å². The minimum atomic E-state index is -1.06. The van der Waals surface area contributed by atoms with E-state index < -0.39 is 29.4 Å². The Morgan fingerprint density at radius 2 is 1.87 bits per heavy atom. The van der Waals surface area contributed by atoms with E-state index in [0.717, 1.165) is 12.1 Å². The zero-order valence-corrected chi connectivity index (χ0v) is 12.7. The van der Waals surface area contributed by atoms with E-state index in [-0.39, 0.29) is 11.3 Å². The van der Waals surface area contributed by atoms with Crippen LogP contribution in [0.25, 0.3) is 0 Å². The minimum Gasteiger partial charge on any atom is -0.324 e. The minimum absolute atomic E-state index is 0.122. The van der Waals surface area contributed by atoms with E-state index in [1.807, 2.05) is 0 Å². The topological polar surface area (TPSA) is 55.1 Å². The number of thioether (sulfide) groups is 1. The van der Waals surface area contributed by atoms with Gasteiger partial charge in [0.25, 0.3) is 5.91 Å². The van der Waals surface area contributed by atoms with Crippen LogP contribution in [0.5, 0.6) is 0 Å². The molecule has 3 N–H and O–H groups in total. The molecule has 2 aromatic carbocycles. The molecule has 0 unspecified atom stereocenters. The molecule has 0 spiro atoms. The van der Waals surface area contributed by atoms with Crippen molar-refractivity contribution < 1.29 is 18.0 Å². The van der Waals surface area contributed by atoms with Crippen molar-refractivity contribution in [1.82, 2.24) is 0 Å². The molecule has 0 radical (unpaired) electrons. The number of carbonyl (C=O) groups is 1. The maximum atomic E-state index is 14.0. The van der Waals surface area contributed by atoms with Crippen molar-refractivity contribution in [3.8, 4) is 0 Å². The van der Waals surface area contributed by atoms with E-state index in [4.69, 9.17) is 5.73 Å². The third-order valence-corrected chi connectivity index (χ3v) is 4.78. The number of fused-ring (bicyclic) bond motifs is 1. The Morgan fingerprint density at radius 1 is 1.13 bits per heavy atom. The lowest BCUT2D eigenvalue weighted by Gasteiger charge is -2.24. The van der Waals surface area contributed by atoms with Gasteiger partial charge in [-0.05, 0) is 36.4 Å². The number of halogens is 3. The third kappa shape index (κ3) is 3.07. The van der Waals surface area contributed by atoms with Gasteiger partial charge in [0.1, 0.15) is 5.82 Å². The summed E-state index contributed by atoms with van der Waals surface area (Å²) in [5, 5.41) is 2.49. The first kappa shape index (κ1) is 15.9. The van der Waals surface area contributed by atoms with Crippen LogP contribution in [0.3, 0.4) is 0 Å². The van der Waals surface area contributed by atoms with E-state index in [0.29, 0.717) is 22.6 Å². The van der Waals surface area contributed by atoms with Crippen LogP contribution in [-0.4, -0.2) is 11.7 Å². The van der Waals surface area contributed by atoms with Crippen molar-refractivity contribution in [2.75, 3.05) is 11.1 Å². The van der Waals surface area contributed by atoms with Crippen LogP contribution in [0.15, 0.2) is 35.2 Å². The molecule has 0 aliphatic carbocycles. The summed E-state index contributed by atoms with van der Waals surface area (Å²) in [6.45, 7) is 0. The zero-order chi connectivity index (χ0) is 16.6. The molecule has 23 heavy (non-hydrogen) atoms. The number of carbonyl (C=O) groups excluding carboxylic acids is 1. The van der Waals surface area contributed by atoms with Gasteiger partial charge in [-0.1, -0.05) is 0 Å². The normalized spacial score (nSPS) is 16.8. The molecule has 0 fully saturated rings. The number of rotatable bonds is 2. The third-order valence-electron chi connectivity index (χ3n) is 3.61. The van der Waals surface area contributed by atoms with Crippen molar-refractivity contribution in [3.63, 3.8) is 0 Å². The Hall–Kier alpha value is -1.99. The van der Waals surface area contributed by atoms with Gasteiger partial charge in [0, 0.05) is 28.3 Å². The highest BCUT2D eigenvalue weighted by atomic mass is 32.2. The lowest BCUT2D eigenvalue weighted by molar-refractivity contribution is 0.102. The lowest BCUT2D eigenvalue weighted by Crippen LogP contribution is -2.21. The summed E-state index contributed by atoms with van der Waals surface area (Å²) in [5.41, 5.74) is 6.65. The van der Waals surface area contributed by atoms with Crippen LogP contribution in [0.4, 0.5) is 18.9 Å². The highest BCUT2D eigenvalue weighted by Crippen LogP contribution is 2.39. The average molecular weight is 338 g/mol. The molecular formula is C16H13F3N2OS. The van der Waals surface area contributed by atoms with Crippen LogP contribution < -0.4 is 11.1 Å². The summed E-state index contributed by atoms with van der Waals surface area (Å²) in [6, 6.07) is 5.18. The van der Waals surface area contributed by atoms with E-state index in [1.54, 1.807) is 0 Å². The fourth-order valence-corrected chi connectivity index (χ4v) is 3.76. The largest absolute Gasteiger partial charge is 0.324 e. The standard InChI is InChI=1S/C16H13F3N2OS/c17-10-3-1-8(7-12(10)19)21-16(22)9-2-4-11(18)14-13(20)5-6-23-15(9)14/h1-4,7,13H,5-6,20H2,(H,21,22)/t13-/m0/s1. The molecule has 1 aliphatic heterocycles. The smallest absolute Gasteiger partial charge is 0.256 e. The van der Waals surface area contributed by atoms with E-state index in [9.17, 15) is 18.0 Å². The molecule has 2 aromatic rings. The summed E-state index contributed by atoms with van der Waals surface area (Å²) in [7, 11) is 0. The Bertz CT molecular complexity index is 782. The first-order valence-electron chi connectivity index (χ1n) is 6.94. The SMILES string of the molecule is N[C@H]1CCSc2c(C(=O)Nc3ccc(F)c(F)c3)ccc(F)c21. The number of nitrogens with one attached hydrogen (secondary N) is 1. The Kier molecular flexibility index (Phi) is 4.32. The van der Waals surface area contributed by atoms with Gasteiger partial charge in [-0.3, -0.25) is 4.79 Å². The zero-order valence-electron chi connectivity index (χ0n) is 11.9. The second kappa shape index (κ2) is 6.25. The van der Waals surface area contributed by atoms with Gasteiger partial charge in [0.2, 0.25) is 0 Å². The maximum Gasteiger partial charge on any atom is 0.256 e. The predicted molar refractivity (Wildman–Crippen MR) is 83.0 cm³/mol. The van der Waals surface area contributed by atoms with Crippen LogP contribution in [0.2, 0.25) is 0 Å². The van der Waals surface area contributed by atoms with E-state index in [1.165, 1.54) is 30.0 Å². The molecule has 0 aromatic heterocycles. The van der Waals surface area contributed by atoms with Gasteiger partial charge < -0.3 is 11.1 Å². The summed E-state index contributed by atoms with van der Waals surface area (Å²) < 4.78 is 40.1. The average Bonchev–Trinajstić information content (AvgIpc) is 2.51. The molecule has 3 nitrogen and oxygen atoms in total. The molecule has 1 amide bonds. The molecule has 1 atom stereocenters. The number of benzene rings is 2. The van der Waals surface area contributed by atoms with Gasteiger partial charge in [-0.2, -0.15) is 0 Å². The van der Waals surface area contributed by atoms with Crippen LogP contribution in [-0.2, 0) is 0 Å². The Balaban J connectivity index is 1.94. The first-order valence-corrected chi connectivity index (χ1v) is 7.93. The molecule has 3 rings (SSSR count). The molecule has 7 heteroatoms. The molecule has 0 saturated heterocycles. The predicted octanol–water partition coefficient (Wildman–Crippen LogP) is 3.85. The van der Waals surface area contributed by atoms with Crippen LogP contribution in [0.1, 0.15) is 28.4 Å². The molecule has 1 heterocycles. The van der Waals surface area contributed by atoms with Crippen molar-refractivity contribution in [3.05, 3.63) is 58.9 Å². The van der Waals surface area contributed by atoms with Gasteiger partial charge in [-0.25, -0.2) is 13.2 Å². The fraction of sp³-hybridized carbons (Fsp3) is 0.188. The van der Waals surface area contributed by atoms with Crippen LogP contribution in [0, 0.1) is 17.5 Å². The lowest BCUT2D eigenvalue weighted by atomic mass is 10.0. The van der Waals surface area contributed by atoms with E-state index in [2.05, 4.69) is 5.32 Å². The number of hydrogen-bond donors (Lipinski definition) is 2. The number of nitrogens with two attached hydrogens (primary N) is 1. The summed E-state index contributed by atoms with van der Waals surface area (Å²) in [4.78, 5) is 12.9. The van der Waals surface area contributed by atoms with Gasteiger partial charge >= 0.3 is 0 Å². The van der Waals surface area contributed by atoms with Gasteiger partial charge in [-0.15, -0.1) is 11.8 Å². The maximum absolute atomic E-state index is 14.0. The van der Waals surface area contributed by atoms with Gasteiger partial charge in [0.15, 0.2) is 11.6 Å². The second-order valence-electron chi connectivity index (χ2n) is 5.16. The number of amides is 1. The second-order valence-corrected chi connectivity index (χ2v) is 6.27. The molecule has 0 bridgehead atoms. The van der Waals surface area contributed by atoms with Crippen LogP contribution >= 0.6 is 11.8 Å². The highest BCUT2D eigenvalue weighted by Gasteiger charge is 2.26. The number of hydrogen-bond acceptors (Lipinski definition) is 3. The summed E-state index contributed by atoms with van der Waals surface area (Å²) in [6.07, 6.45) is 0.628. The summed E-state index contributed by atoms with van der Waals surface area (Å²) in [5.74, 6) is -2.33. The van der Waals surface area contributed by atoms with Gasteiger partial charge in [0.05, 0.1) is 5.56 Å². The number of anilines is 1. The van der Waals surface area contributed by atoms with E-state index >= 15 is 0 Å². The quantitative estimate of drug-likeness (QED) is 0.874. The monoisotopic (exact) mass is 338 g/mol. The molecule has 120 valence electrons. The Labute approximate surface area is 135 Å². The molecule has 0 saturated carbocycles. The fourth-order valence-electron chi connectivity index (χ4n) is 2.46.